The fourth-order valence-corrected chi connectivity index (χ4v) is 2.53. The Hall–Kier alpha value is -2.60. The maximum Gasteiger partial charge on any atom is 0.259 e. The topological polar surface area (TPSA) is 54.9 Å². The molecule has 0 saturated heterocycles. The number of aromatic nitrogens is 2. The second-order valence-electron chi connectivity index (χ2n) is 5.14. The minimum atomic E-state index is -0.516. The first kappa shape index (κ1) is 16.3. The Balaban J connectivity index is 1.85. The summed E-state index contributed by atoms with van der Waals surface area (Å²) in [6.07, 6.45) is 1.46. The van der Waals surface area contributed by atoms with Crippen LogP contribution in [0.1, 0.15) is 16.1 Å². The van der Waals surface area contributed by atoms with Gasteiger partial charge in [-0.05, 0) is 25.1 Å². The van der Waals surface area contributed by atoms with E-state index in [2.05, 4.69) is 31.2 Å². The van der Waals surface area contributed by atoms with Crippen molar-refractivity contribution in [2.45, 2.75) is 6.92 Å². The second kappa shape index (κ2) is 6.88. The number of amides is 1. The summed E-state index contributed by atoms with van der Waals surface area (Å²) in [5, 5.41) is 2.54. The highest BCUT2D eigenvalue weighted by Gasteiger charge is 2.14. The number of rotatable bonds is 3. The first-order valence-electron chi connectivity index (χ1n) is 7.20. The third kappa shape index (κ3) is 3.49. The number of nitrogens with one attached hydrogen (secondary N) is 1. The van der Waals surface area contributed by atoms with Crippen molar-refractivity contribution in [3.63, 3.8) is 0 Å². The van der Waals surface area contributed by atoms with E-state index >= 15 is 0 Å². The molecule has 3 rings (SSSR count). The van der Waals surface area contributed by atoms with Crippen LogP contribution in [-0.2, 0) is 0 Å². The second-order valence-corrected chi connectivity index (χ2v) is 6.05. The molecule has 0 unspecified atom stereocenters. The molecule has 1 amide bonds. The van der Waals surface area contributed by atoms with Crippen LogP contribution in [0.15, 0.2) is 59.2 Å². The molecule has 1 N–H and O–H groups in total. The molecule has 0 bridgehead atoms. The lowest BCUT2D eigenvalue weighted by Crippen LogP contribution is -2.16. The molecule has 0 atom stereocenters. The highest BCUT2D eigenvalue weighted by Crippen LogP contribution is 2.21. The van der Waals surface area contributed by atoms with Gasteiger partial charge in [-0.2, -0.15) is 0 Å². The summed E-state index contributed by atoms with van der Waals surface area (Å²) in [5.74, 6) is -0.426. The van der Waals surface area contributed by atoms with Gasteiger partial charge in [0.2, 0.25) is 0 Å². The maximum atomic E-state index is 13.8. The Morgan fingerprint density at radius 2 is 1.92 bits per heavy atom. The summed E-state index contributed by atoms with van der Waals surface area (Å²) >= 11 is 3.18. The fraction of sp³-hybridized carbons (Fsp3) is 0.0556. The number of carbonyl (C=O) groups is 1. The summed E-state index contributed by atoms with van der Waals surface area (Å²) in [4.78, 5) is 21.0. The Morgan fingerprint density at radius 3 is 2.58 bits per heavy atom. The first-order chi connectivity index (χ1) is 11.5. The van der Waals surface area contributed by atoms with Gasteiger partial charge in [-0.25, -0.2) is 14.4 Å². The van der Waals surface area contributed by atoms with Gasteiger partial charge in [-0.3, -0.25) is 4.79 Å². The SMILES string of the molecule is Cc1nc(-c2ccccc2)ncc1C(=O)Nc1ccc(Br)cc1F. The normalized spacial score (nSPS) is 10.5. The van der Waals surface area contributed by atoms with Crippen molar-refractivity contribution in [1.29, 1.82) is 0 Å². The van der Waals surface area contributed by atoms with Gasteiger partial charge in [0.05, 0.1) is 16.9 Å². The van der Waals surface area contributed by atoms with E-state index in [9.17, 15) is 9.18 Å². The molecule has 0 radical (unpaired) electrons. The summed E-state index contributed by atoms with van der Waals surface area (Å²) in [6.45, 7) is 1.72. The van der Waals surface area contributed by atoms with Crippen LogP contribution in [0.4, 0.5) is 10.1 Å². The van der Waals surface area contributed by atoms with Crippen LogP contribution in [0.3, 0.4) is 0 Å². The molecule has 1 heterocycles. The number of benzene rings is 2. The molecule has 4 nitrogen and oxygen atoms in total. The van der Waals surface area contributed by atoms with E-state index in [0.717, 1.165) is 5.56 Å². The van der Waals surface area contributed by atoms with E-state index in [-0.39, 0.29) is 5.69 Å². The molecule has 3 aromatic rings. The Bertz CT molecular complexity index is 900. The van der Waals surface area contributed by atoms with Gasteiger partial charge in [0.1, 0.15) is 5.82 Å². The predicted molar refractivity (Wildman–Crippen MR) is 94.3 cm³/mol. The zero-order valence-electron chi connectivity index (χ0n) is 12.8. The van der Waals surface area contributed by atoms with Crippen molar-refractivity contribution in [2.75, 3.05) is 5.32 Å². The fourth-order valence-electron chi connectivity index (χ4n) is 2.20. The van der Waals surface area contributed by atoms with Gasteiger partial charge >= 0.3 is 0 Å². The van der Waals surface area contributed by atoms with Crippen LogP contribution in [0.25, 0.3) is 11.4 Å². The van der Waals surface area contributed by atoms with E-state index in [1.807, 2.05) is 30.3 Å². The lowest BCUT2D eigenvalue weighted by Gasteiger charge is -2.09. The number of carbonyl (C=O) groups excluding carboxylic acids is 1. The Kier molecular flexibility index (Phi) is 4.66. The minimum Gasteiger partial charge on any atom is -0.319 e. The van der Waals surface area contributed by atoms with Crippen molar-refractivity contribution in [1.82, 2.24) is 9.97 Å². The maximum absolute atomic E-state index is 13.8. The van der Waals surface area contributed by atoms with Gasteiger partial charge in [0, 0.05) is 16.2 Å². The van der Waals surface area contributed by atoms with Gasteiger partial charge in [-0.15, -0.1) is 0 Å². The molecule has 0 fully saturated rings. The van der Waals surface area contributed by atoms with Crippen molar-refractivity contribution >= 4 is 27.5 Å². The number of halogens is 2. The van der Waals surface area contributed by atoms with Crippen LogP contribution in [-0.4, -0.2) is 15.9 Å². The molecule has 0 spiro atoms. The van der Waals surface area contributed by atoms with Crippen molar-refractivity contribution in [2.24, 2.45) is 0 Å². The zero-order chi connectivity index (χ0) is 17.1. The molecule has 2 aromatic carbocycles. The number of hydrogen-bond acceptors (Lipinski definition) is 3. The molecule has 1 aromatic heterocycles. The van der Waals surface area contributed by atoms with Crippen LogP contribution < -0.4 is 5.32 Å². The summed E-state index contributed by atoms with van der Waals surface area (Å²) in [6, 6.07) is 13.9. The standard InChI is InChI=1S/C18H13BrFN3O/c1-11-14(10-21-17(22-11)12-5-3-2-4-6-12)18(24)23-16-8-7-13(19)9-15(16)20/h2-10H,1H3,(H,23,24). The molecule has 0 aliphatic rings. The minimum absolute atomic E-state index is 0.106. The average Bonchev–Trinajstić information content (AvgIpc) is 2.58. The number of aryl methyl sites for hydroxylation is 1. The average molecular weight is 386 g/mol. The van der Waals surface area contributed by atoms with Crippen molar-refractivity contribution < 1.29 is 9.18 Å². The quantitative estimate of drug-likeness (QED) is 0.716. The predicted octanol–water partition coefficient (Wildman–Crippen LogP) is 4.61. The molecular formula is C18H13BrFN3O. The van der Waals surface area contributed by atoms with E-state index in [0.29, 0.717) is 21.6 Å². The largest absolute Gasteiger partial charge is 0.319 e. The van der Waals surface area contributed by atoms with Crippen molar-refractivity contribution in [3.05, 3.63) is 76.3 Å². The molecule has 0 saturated carbocycles. The van der Waals surface area contributed by atoms with Crippen LogP contribution in [0, 0.1) is 12.7 Å². The summed E-state index contributed by atoms with van der Waals surface area (Å²) in [5.41, 5.74) is 1.80. The van der Waals surface area contributed by atoms with E-state index < -0.39 is 11.7 Å². The lowest BCUT2D eigenvalue weighted by molar-refractivity contribution is 0.102. The van der Waals surface area contributed by atoms with Crippen LogP contribution in [0.5, 0.6) is 0 Å². The number of nitrogens with zero attached hydrogens (tertiary/aromatic N) is 2. The van der Waals surface area contributed by atoms with Gasteiger partial charge < -0.3 is 5.32 Å². The molecule has 0 aliphatic carbocycles. The molecule has 0 aliphatic heterocycles. The van der Waals surface area contributed by atoms with Gasteiger partial charge in [0.25, 0.3) is 5.91 Å². The van der Waals surface area contributed by atoms with E-state index in [4.69, 9.17) is 0 Å². The lowest BCUT2D eigenvalue weighted by atomic mass is 10.2. The number of anilines is 1. The van der Waals surface area contributed by atoms with E-state index in [1.165, 1.54) is 18.3 Å². The zero-order valence-corrected chi connectivity index (χ0v) is 14.3. The highest BCUT2D eigenvalue weighted by molar-refractivity contribution is 9.10. The van der Waals surface area contributed by atoms with Crippen LogP contribution >= 0.6 is 15.9 Å². The van der Waals surface area contributed by atoms with Crippen molar-refractivity contribution in [3.8, 4) is 11.4 Å². The van der Waals surface area contributed by atoms with E-state index in [1.54, 1.807) is 13.0 Å². The first-order valence-corrected chi connectivity index (χ1v) is 7.99. The summed E-state index contributed by atoms with van der Waals surface area (Å²) in [7, 11) is 0. The third-order valence-corrected chi connectivity index (χ3v) is 3.93. The highest BCUT2D eigenvalue weighted by atomic mass is 79.9. The molecule has 24 heavy (non-hydrogen) atoms. The molecular weight excluding hydrogens is 373 g/mol. The molecule has 6 heteroatoms. The Morgan fingerprint density at radius 1 is 1.17 bits per heavy atom. The Labute approximate surface area is 146 Å². The molecule has 120 valence electrons. The van der Waals surface area contributed by atoms with Gasteiger partial charge in [-0.1, -0.05) is 46.3 Å². The smallest absolute Gasteiger partial charge is 0.259 e. The number of hydrogen-bond donors (Lipinski definition) is 1. The monoisotopic (exact) mass is 385 g/mol. The third-order valence-electron chi connectivity index (χ3n) is 3.44. The summed E-state index contributed by atoms with van der Waals surface area (Å²) < 4.78 is 14.4. The van der Waals surface area contributed by atoms with Gasteiger partial charge in [0.15, 0.2) is 5.82 Å². The van der Waals surface area contributed by atoms with Crippen LogP contribution in [0.2, 0.25) is 0 Å².